The highest BCUT2D eigenvalue weighted by atomic mass is 35.5. The Bertz CT molecular complexity index is 449. The molecule has 0 saturated heterocycles. The maximum atomic E-state index is 9.25. The van der Waals surface area contributed by atoms with Gasteiger partial charge in [-0.25, -0.2) is 4.99 Å². The fraction of sp³-hybridized carbons (Fsp3) is 0.625. The Kier molecular flexibility index (Phi) is 7.40. The molecule has 0 aliphatic heterocycles. The molecule has 0 atom stereocenters. The van der Waals surface area contributed by atoms with E-state index in [1.807, 2.05) is 13.8 Å². The number of hydrogen-bond donors (Lipinski definition) is 1. The molecule has 1 fully saturated rings. The van der Waals surface area contributed by atoms with Crippen LogP contribution in [0.3, 0.4) is 0 Å². The summed E-state index contributed by atoms with van der Waals surface area (Å²) in [6.07, 6.45) is 7.86. The fourth-order valence-electron chi connectivity index (χ4n) is 2.21. The molecule has 0 radical (unpaired) electrons. The normalized spacial score (nSPS) is 18.8. The van der Waals surface area contributed by atoms with E-state index in [0.717, 1.165) is 30.2 Å². The number of allylic oxidation sites excluding steroid dienone is 3. The first-order chi connectivity index (χ1) is 9.58. The average Bonchev–Trinajstić information content (AvgIpc) is 2.96. The van der Waals surface area contributed by atoms with Crippen LogP contribution in [0.2, 0.25) is 0 Å². The summed E-state index contributed by atoms with van der Waals surface area (Å²) in [6.45, 7) is 6.87. The van der Waals surface area contributed by atoms with E-state index in [2.05, 4.69) is 23.3 Å². The Hall–Kier alpha value is -1.27. The molecular formula is C16H24ClN3. The van der Waals surface area contributed by atoms with Gasteiger partial charge in [0, 0.05) is 18.4 Å². The molecule has 4 heteroatoms. The van der Waals surface area contributed by atoms with Crippen molar-refractivity contribution in [3.8, 4) is 6.07 Å². The molecule has 1 aliphatic carbocycles. The van der Waals surface area contributed by atoms with Crippen LogP contribution in [-0.2, 0) is 0 Å². The quantitative estimate of drug-likeness (QED) is 0.578. The second kappa shape index (κ2) is 8.81. The number of nitrogens with zero attached hydrogens (tertiary/aromatic N) is 2. The van der Waals surface area contributed by atoms with Gasteiger partial charge in [0.2, 0.25) is 0 Å². The lowest BCUT2D eigenvalue weighted by Gasteiger charge is -2.13. The van der Waals surface area contributed by atoms with Crippen LogP contribution in [0, 0.1) is 17.2 Å². The Morgan fingerprint density at radius 3 is 2.60 bits per heavy atom. The van der Waals surface area contributed by atoms with E-state index in [9.17, 15) is 5.26 Å². The molecule has 1 saturated carbocycles. The molecule has 0 spiro atoms. The van der Waals surface area contributed by atoms with Gasteiger partial charge < -0.3 is 5.32 Å². The average molecular weight is 294 g/mol. The van der Waals surface area contributed by atoms with E-state index in [4.69, 9.17) is 11.6 Å². The summed E-state index contributed by atoms with van der Waals surface area (Å²) in [5, 5.41) is 12.8. The van der Waals surface area contributed by atoms with Crippen molar-refractivity contribution in [1.29, 1.82) is 5.26 Å². The monoisotopic (exact) mass is 293 g/mol. The predicted molar refractivity (Wildman–Crippen MR) is 85.6 cm³/mol. The number of nitrogens with one attached hydrogen (secondary N) is 1. The molecule has 0 bridgehead atoms. The Morgan fingerprint density at radius 1 is 1.40 bits per heavy atom. The van der Waals surface area contributed by atoms with Gasteiger partial charge in [-0.1, -0.05) is 36.9 Å². The van der Waals surface area contributed by atoms with Crippen molar-refractivity contribution in [2.24, 2.45) is 10.9 Å². The van der Waals surface area contributed by atoms with E-state index in [0.29, 0.717) is 5.57 Å². The molecule has 0 aromatic heterocycles. The molecule has 20 heavy (non-hydrogen) atoms. The van der Waals surface area contributed by atoms with Crippen LogP contribution in [0.1, 0.15) is 52.9 Å². The van der Waals surface area contributed by atoms with E-state index in [-0.39, 0.29) is 5.17 Å². The Labute approximate surface area is 127 Å². The smallest absolute Gasteiger partial charge is 0.148 e. The molecule has 1 N–H and O–H groups in total. The molecule has 0 aromatic rings. The third-order valence-corrected chi connectivity index (χ3v) is 4.07. The molecular weight excluding hydrogens is 270 g/mol. The van der Waals surface area contributed by atoms with Crippen LogP contribution >= 0.6 is 11.6 Å². The third kappa shape index (κ3) is 5.38. The van der Waals surface area contributed by atoms with Crippen LogP contribution in [0.25, 0.3) is 0 Å². The van der Waals surface area contributed by atoms with Crippen molar-refractivity contribution in [2.45, 2.75) is 52.9 Å². The van der Waals surface area contributed by atoms with Gasteiger partial charge in [-0.2, -0.15) is 5.26 Å². The lowest BCUT2D eigenvalue weighted by atomic mass is 10.1. The molecule has 110 valence electrons. The maximum Gasteiger partial charge on any atom is 0.148 e. The van der Waals surface area contributed by atoms with Crippen LogP contribution in [0.4, 0.5) is 0 Å². The molecule has 0 aromatic carbocycles. The minimum Gasteiger partial charge on any atom is -0.387 e. The highest BCUT2D eigenvalue weighted by molar-refractivity contribution is 6.70. The minimum atomic E-state index is 0.261. The number of rotatable bonds is 6. The lowest BCUT2D eigenvalue weighted by Crippen LogP contribution is -2.21. The zero-order valence-electron chi connectivity index (χ0n) is 12.7. The van der Waals surface area contributed by atoms with Crippen molar-refractivity contribution in [3.05, 3.63) is 23.0 Å². The molecule has 0 amide bonds. The summed E-state index contributed by atoms with van der Waals surface area (Å²) in [5.74, 6) is 0.725. The van der Waals surface area contributed by atoms with Gasteiger partial charge in [-0.15, -0.1) is 0 Å². The number of hydrogen-bond acceptors (Lipinski definition) is 3. The standard InChI is InChI=1S/C16H24ClN3/c1-4-12(2)10-20-16(17)15(9-18)13(3)19-11-14-7-5-6-8-14/h10,14,19H,4-8,11H2,1-3H3/b12-10+,15-13+,20-16+. The molecule has 0 heterocycles. The van der Waals surface area contributed by atoms with Crippen LogP contribution in [-0.4, -0.2) is 11.7 Å². The molecule has 0 unspecified atom stereocenters. The molecule has 3 nitrogen and oxygen atoms in total. The second-order valence-electron chi connectivity index (χ2n) is 5.39. The summed E-state index contributed by atoms with van der Waals surface area (Å²) in [5.41, 5.74) is 2.39. The van der Waals surface area contributed by atoms with Crippen molar-refractivity contribution in [1.82, 2.24) is 5.32 Å². The zero-order valence-corrected chi connectivity index (χ0v) is 13.4. The fourth-order valence-corrected chi connectivity index (χ4v) is 2.44. The van der Waals surface area contributed by atoms with Gasteiger partial charge in [0.1, 0.15) is 16.8 Å². The minimum absolute atomic E-state index is 0.261. The van der Waals surface area contributed by atoms with E-state index < -0.39 is 0 Å². The molecule has 1 aliphatic rings. The van der Waals surface area contributed by atoms with E-state index >= 15 is 0 Å². The van der Waals surface area contributed by atoms with Crippen LogP contribution in [0.15, 0.2) is 28.0 Å². The predicted octanol–water partition coefficient (Wildman–Crippen LogP) is 4.51. The number of halogens is 1. The largest absolute Gasteiger partial charge is 0.387 e. The van der Waals surface area contributed by atoms with Gasteiger partial charge in [0.15, 0.2) is 0 Å². The van der Waals surface area contributed by atoms with Gasteiger partial charge >= 0.3 is 0 Å². The van der Waals surface area contributed by atoms with Crippen molar-refractivity contribution >= 4 is 16.8 Å². The summed E-state index contributed by atoms with van der Waals surface area (Å²) >= 11 is 6.12. The van der Waals surface area contributed by atoms with E-state index in [1.165, 1.54) is 25.7 Å². The van der Waals surface area contributed by atoms with Gasteiger partial charge in [0.05, 0.1) is 0 Å². The van der Waals surface area contributed by atoms with Crippen LogP contribution in [0.5, 0.6) is 0 Å². The third-order valence-electron chi connectivity index (χ3n) is 3.78. The van der Waals surface area contributed by atoms with Crippen molar-refractivity contribution in [2.75, 3.05) is 6.54 Å². The SMILES string of the molecule is CC/C(C)=C/N=C(Cl)\C(C#N)=C(/C)NCC1CCCC1. The number of nitriles is 1. The highest BCUT2D eigenvalue weighted by Gasteiger charge is 2.15. The first-order valence-electron chi connectivity index (χ1n) is 7.32. The Balaban J connectivity index is 2.70. The van der Waals surface area contributed by atoms with Gasteiger partial charge in [-0.05, 0) is 39.0 Å². The summed E-state index contributed by atoms with van der Waals surface area (Å²) in [6, 6.07) is 2.14. The van der Waals surface area contributed by atoms with Gasteiger partial charge in [0.25, 0.3) is 0 Å². The first kappa shape index (κ1) is 16.8. The summed E-state index contributed by atoms with van der Waals surface area (Å²) in [7, 11) is 0. The van der Waals surface area contributed by atoms with E-state index in [1.54, 1.807) is 6.20 Å². The summed E-state index contributed by atoms with van der Waals surface area (Å²) < 4.78 is 0. The highest BCUT2D eigenvalue weighted by Crippen LogP contribution is 2.24. The van der Waals surface area contributed by atoms with Crippen molar-refractivity contribution < 1.29 is 0 Å². The summed E-state index contributed by atoms with van der Waals surface area (Å²) in [4.78, 5) is 4.17. The van der Waals surface area contributed by atoms with Crippen LogP contribution < -0.4 is 5.32 Å². The maximum absolute atomic E-state index is 9.25. The molecule has 1 rings (SSSR count). The van der Waals surface area contributed by atoms with Gasteiger partial charge in [-0.3, -0.25) is 0 Å². The van der Waals surface area contributed by atoms with Crippen molar-refractivity contribution in [3.63, 3.8) is 0 Å². The topological polar surface area (TPSA) is 48.2 Å². The first-order valence-corrected chi connectivity index (χ1v) is 7.70. The Morgan fingerprint density at radius 2 is 2.05 bits per heavy atom. The second-order valence-corrected chi connectivity index (χ2v) is 5.75. The number of aliphatic imine (C=N–C) groups is 1. The lowest BCUT2D eigenvalue weighted by molar-refractivity contribution is 0.517. The zero-order chi connectivity index (χ0) is 15.0.